The van der Waals surface area contributed by atoms with Crippen LogP contribution in [0.1, 0.15) is 52.9 Å². The molecule has 5 rings (SSSR count). The molecule has 1 aliphatic carbocycles. The standard InChI is InChI=1S/C28H36ClN3O5S/c1-16-12-24(38-3)21(28(34)31-16)14-30-27(33)20-13-22(29)26-25(17(20)2)37-23(15-36-26)18-4-6-19(7-5-18)32-8-10-35-11-9-32/h12-13,18-19,23H,4-11,14-15H2,1-3H3,(H,30,33)(H,31,34). The molecule has 2 fully saturated rings. The molecule has 1 atom stereocenters. The number of rotatable bonds is 6. The highest BCUT2D eigenvalue weighted by Crippen LogP contribution is 2.45. The number of hydrogen-bond acceptors (Lipinski definition) is 7. The number of carbonyl (C=O) groups is 1. The number of pyridine rings is 1. The Kier molecular flexibility index (Phi) is 8.57. The van der Waals surface area contributed by atoms with Crippen molar-refractivity contribution in [3.63, 3.8) is 0 Å². The van der Waals surface area contributed by atoms with E-state index >= 15 is 0 Å². The number of hydrogen-bond donors (Lipinski definition) is 2. The Morgan fingerprint density at radius 3 is 2.61 bits per heavy atom. The van der Waals surface area contributed by atoms with Gasteiger partial charge in [0, 0.05) is 53.0 Å². The summed E-state index contributed by atoms with van der Waals surface area (Å²) < 4.78 is 18.1. The summed E-state index contributed by atoms with van der Waals surface area (Å²) in [5, 5.41) is 3.25. The molecule has 3 aliphatic rings. The van der Waals surface area contributed by atoms with Crippen LogP contribution in [-0.4, -0.2) is 67.1 Å². The average Bonchev–Trinajstić information content (AvgIpc) is 2.94. The maximum Gasteiger partial charge on any atom is 0.254 e. The number of aryl methyl sites for hydroxylation is 1. The third-order valence-corrected chi connectivity index (χ3v) is 9.13. The van der Waals surface area contributed by atoms with Crippen LogP contribution in [0.4, 0.5) is 0 Å². The number of thioether (sulfide) groups is 1. The van der Waals surface area contributed by atoms with Gasteiger partial charge in [0.05, 0.1) is 18.2 Å². The van der Waals surface area contributed by atoms with Crippen LogP contribution in [0.2, 0.25) is 5.02 Å². The van der Waals surface area contributed by atoms with Crippen molar-refractivity contribution in [1.82, 2.24) is 15.2 Å². The molecule has 3 heterocycles. The second-order valence-electron chi connectivity index (χ2n) is 10.4. The first-order valence-electron chi connectivity index (χ1n) is 13.3. The summed E-state index contributed by atoms with van der Waals surface area (Å²) in [4.78, 5) is 31.9. The molecular formula is C28H36ClN3O5S. The summed E-state index contributed by atoms with van der Waals surface area (Å²) in [6, 6.07) is 4.15. The molecule has 1 aromatic carbocycles. The fraction of sp³-hybridized carbons (Fsp3) is 0.571. The van der Waals surface area contributed by atoms with Gasteiger partial charge in [0.1, 0.15) is 12.7 Å². The summed E-state index contributed by atoms with van der Waals surface area (Å²) in [5.41, 5.74) is 2.23. The summed E-state index contributed by atoms with van der Waals surface area (Å²) in [6.45, 7) is 7.96. The molecule has 38 heavy (non-hydrogen) atoms. The predicted octanol–water partition coefficient (Wildman–Crippen LogP) is 4.33. The quantitative estimate of drug-likeness (QED) is 0.507. The maximum absolute atomic E-state index is 13.2. The Balaban J connectivity index is 1.27. The number of aromatic nitrogens is 1. The van der Waals surface area contributed by atoms with Crippen LogP contribution in [-0.2, 0) is 11.3 Å². The van der Waals surface area contributed by atoms with Crippen molar-refractivity contribution in [3.05, 3.63) is 49.9 Å². The normalized spacial score (nSPS) is 23.7. The highest BCUT2D eigenvalue weighted by molar-refractivity contribution is 7.98. The average molecular weight is 562 g/mol. The van der Waals surface area contributed by atoms with E-state index in [-0.39, 0.29) is 24.1 Å². The van der Waals surface area contributed by atoms with Gasteiger partial charge in [0.25, 0.3) is 11.5 Å². The monoisotopic (exact) mass is 561 g/mol. The number of halogens is 1. The zero-order valence-electron chi connectivity index (χ0n) is 22.2. The first-order valence-corrected chi connectivity index (χ1v) is 14.9. The minimum absolute atomic E-state index is 0.0727. The summed E-state index contributed by atoms with van der Waals surface area (Å²) >= 11 is 8.03. The molecule has 2 N–H and O–H groups in total. The lowest BCUT2D eigenvalue weighted by molar-refractivity contribution is -0.0118. The first kappa shape index (κ1) is 27.4. The zero-order valence-corrected chi connectivity index (χ0v) is 23.8. The fourth-order valence-electron chi connectivity index (χ4n) is 5.88. The highest BCUT2D eigenvalue weighted by Gasteiger charge is 2.36. The van der Waals surface area contributed by atoms with Gasteiger partial charge in [-0.25, -0.2) is 0 Å². The molecular weight excluding hydrogens is 526 g/mol. The number of H-pyrrole nitrogens is 1. The summed E-state index contributed by atoms with van der Waals surface area (Å²) in [7, 11) is 0. The molecule has 1 saturated carbocycles. The second-order valence-corrected chi connectivity index (χ2v) is 11.6. The topological polar surface area (TPSA) is 92.9 Å². The number of amides is 1. The molecule has 1 aromatic heterocycles. The molecule has 0 bridgehead atoms. The van der Waals surface area contributed by atoms with E-state index in [9.17, 15) is 9.59 Å². The van der Waals surface area contributed by atoms with Crippen molar-refractivity contribution in [2.75, 3.05) is 39.2 Å². The number of fused-ring (bicyclic) bond motifs is 1. The van der Waals surface area contributed by atoms with E-state index in [0.717, 1.165) is 62.6 Å². The van der Waals surface area contributed by atoms with Gasteiger partial charge in [0.15, 0.2) is 11.5 Å². The lowest BCUT2D eigenvalue weighted by Gasteiger charge is -2.41. The summed E-state index contributed by atoms with van der Waals surface area (Å²) in [5.74, 6) is 1.14. The molecule has 0 radical (unpaired) electrons. The van der Waals surface area contributed by atoms with E-state index in [1.54, 1.807) is 6.07 Å². The predicted molar refractivity (Wildman–Crippen MR) is 149 cm³/mol. The van der Waals surface area contributed by atoms with Crippen LogP contribution in [0.25, 0.3) is 0 Å². The van der Waals surface area contributed by atoms with E-state index in [0.29, 0.717) is 51.8 Å². The maximum atomic E-state index is 13.2. The van der Waals surface area contributed by atoms with Crippen molar-refractivity contribution in [2.45, 2.75) is 63.1 Å². The second kappa shape index (κ2) is 11.9. The SMILES string of the molecule is CSc1cc(C)[nH]c(=O)c1CNC(=O)c1cc(Cl)c2c(c1C)OC(C1CCC(N3CCOCC3)CC1)CO2. The molecule has 0 spiro atoms. The van der Waals surface area contributed by atoms with Crippen molar-refractivity contribution in [2.24, 2.45) is 5.92 Å². The molecule has 1 saturated heterocycles. The van der Waals surface area contributed by atoms with Gasteiger partial charge < -0.3 is 24.5 Å². The van der Waals surface area contributed by atoms with Gasteiger partial charge in [-0.3, -0.25) is 14.5 Å². The van der Waals surface area contributed by atoms with E-state index in [1.165, 1.54) is 11.8 Å². The molecule has 10 heteroatoms. The Hall–Kier alpha value is -2.20. The van der Waals surface area contributed by atoms with Crippen molar-refractivity contribution in [1.29, 1.82) is 0 Å². The van der Waals surface area contributed by atoms with Gasteiger partial charge in [-0.2, -0.15) is 0 Å². The van der Waals surface area contributed by atoms with Crippen LogP contribution in [0.5, 0.6) is 11.5 Å². The third kappa shape index (κ3) is 5.71. The Bertz CT molecular complexity index is 1240. The fourth-order valence-corrected chi connectivity index (χ4v) is 6.83. The third-order valence-electron chi connectivity index (χ3n) is 8.05. The molecule has 1 unspecified atom stereocenters. The lowest BCUT2D eigenvalue weighted by Crippen LogP contribution is -2.47. The molecule has 206 valence electrons. The Labute approximate surface area is 232 Å². The number of benzene rings is 1. The summed E-state index contributed by atoms with van der Waals surface area (Å²) in [6.07, 6.45) is 6.31. The van der Waals surface area contributed by atoms with Crippen LogP contribution >= 0.6 is 23.4 Å². The highest BCUT2D eigenvalue weighted by atomic mass is 35.5. The lowest BCUT2D eigenvalue weighted by atomic mass is 9.82. The minimum atomic E-state index is -0.309. The van der Waals surface area contributed by atoms with E-state index in [4.69, 9.17) is 25.8 Å². The van der Waals surface area contributed by atoms with Gasteiger partial charge in [-0.1, -0.05) is 11.6 Å². The van der Waals surface area contributed by atoms with Gasteiger partial charge >= 0.3 is 0 Å². The van der Waals surface area contributed by atoms with Crippen LogP contribution in [0, 0.1) is 19.8 Å². The number of nitrogens with one attached hydrogen (secondary N) is 2. The number of morpholine rings is 1. The number of carbonyl (C=O) groups excluding carboxylic acids is 1. The van der Waals surface area contributed by atoms with Gasteiger partial charge in [-0.15, -0.1) is 11.8 Å². The Morgan fingerprint density at radius 2 is 1.89 bits per heavy atom. The van der Waals surface area contributed by atoms with E-state index < -0.39 is 0 Å². The molecule has 8 nitrogen and oxygen atoms in total. The van der Waals surface area contributed by atoms with Crippen LogP contribution in [0.15, 0.2) is 21.8 Å². The number of aromatic amines is 1. The molecule has 2 aromatic rings. The van der Waals surface area contributed by atoms with Crippen molar-refractivity contribution < 1.29 is 19.0 Å². The Morgan fingerprint density at radius 1 is 1.16 bits per heavy atom. The molecule has 1 amide bonds. The van der Waals surface area contributed by atoms with Gasteiger partial charge in [0.2, 0.25) is 0 Å². The number of nitrogens with zero attached hydrogens (tertiary/aromatic N) is 1. The molecule has 2 aliphatic heterocycles. The smallest absolute Gasteiger partial charge is 0.254 e. The van der Waals surface area contributed by atoms with Crippen LogP contribution in [0.3, 0.4) is 0 Å². The largest absolute Gasteiger partial charge is 0.484 e. The first-order chi connectivity index (χ1) is 18.4. The zero-order chi connectivity index (χ0) is 26.8. The van der Waals surface area contributed by atoms with Gasteiger partial charge in [-0.05, 0) is 63.8 Å². The van der Waals surface area contributed by atoms with E-state index in [2.05, 4.69) is 15.2 Å². The minimum Gasteiger partial charge on any atom is -0.484 e. The van der Waals surface area contributed by atoms with Crippen molar-refractivity contribution >= 4 is 29.3 Å². The number of ether oxygens (including phenoxy) is 3. The van der Waals surface area contributed by atoms with E-state index in [1.807, 2.05) is 26.2 Å². The van der Waals surface area contributed by atoms with Crippen molar-refractivity contribution in [3.8, 4) is 11.5 Å². The van der Waals surface area contributed by atoms with Crippen LogP contribution < -0.4 is 20.3 Å².